The predicted molar refractivity (Wildman–Crippen MR) is 72.1 cm³/mol. The van der Waals surface area contributed by atoms with E-state index in [-0.39, 0.29) is 12.3 Å². The number of nitrogens with two attached hydrogens (primary N) is 1. The maximum atomic E-state index is 11.3. The summed E-state index contributed by atoms with van der Waals surface area (Å²) in [4.78, 5) is 25.1. The second-order valence-electron chi connectivity index (χ2n) is 3.77. The van der Waals surface area contributed by atoms with Crippen molar-refractivity contribution in [2.45, 2.75) is 13.0 Å². The molecule has 1 rings (SSSR count). The summed E-state index contributed by atoms with van der Waals surface area (Å²) in [6, 6.07) is 3.23. The minimum atomic E-state index is -0.812. The maximum absolute atomic E-state index is 11.3. The van der Waals surface area contributed by atoms with Gasteiger partial charge in [-0.15, -0.1) is 17.9 Å². The molecule has 0 aliphatic heterocycles. The monoisotopic (exact) mass is 267 g/mol. The van der Waals surface area contributed by atoms with E-state index in [1.54, 1.807) is 17.4 Å². The number of carbonyl (C=O) groups is 2. The molecule has 0 radical (unpaired) electrons. The topological polar surface area (TPSA) is 75.4 Å². The molecule has 1 heterocycles. The molecule has 1 aromatic rings. The number of hydrogen-bond donors (Lipinski definition) is 2. The zero-order valence-corrected chi connectivity index (χ0v) is 10.9. The molecule has 5 nitrogen and oxygen atoms in total. The van der Waals surface area contributed by atoms with E-state index in [1.165, 1.54) is 4.88 Å². The molecular weight excluding hydrogens is 250 g/mol. The first-order valence-electron chi connectivity index (χ1n) is 5.56. The standard InChI is InChI=1S/C12H17N3O2S/c1-2-6-15(9-10-4-3-8-18-10)7-5-11(16)14-12(13)17/h2-4,8H,1,5-7,9H2,(H3,13,14,16,17). The van der Waals surface area contributed by atoms with E-state index in [9.17, 15) is 9.59 Å². The van der Waals surface area contributed by atoms with Crippen molar-refractivity contribution in [1.82, 2.24) is 10.2 Å². The second-order valence-corrected chi connectivity index (χ2v) is 4.80. The minimum absolute atomic E-state index is 0.238. The second kappa shape index (κ2) is 7.62. The molecule has 0 aliphatic rings. The van der Waals surface area contributed by atoms with Crippen LogP contribution in [0.15, 0.2) is 30.2 Å². The average molecular weight is 267 g/mol. The minimum Gasteiger partial charge on any atom is -0.351 e. The van der Waals surface area contributed by atoms with Crippen LogP contribution in [0.25, 0.3) is 0 Å². The number of thiophene rings is 1. The largest absolute Gasteiger partial charge is 0.351 e. The number of nitrogens with zero attached hydrogens (tertiary/aromatic N) is 1. The lowest BCUT2D eigenvalue weighted by Crippen LogP contribution is -2.37. The Kier molecular flexibility index (Phi) is 6.10. The predicted octanol–water partition coefficient (Wildman–Crippen LogP) is 1.32. The van der Waals surface area contributed by atoms with Gasteiger partial charge >= 0.3 is 6.03 Å². The molecule has 0 aromatic carbocycles. The maximum Gasteiger partial charge on any atom is 0.318 e. The molecule has 0 unspecified atom stereocenters. The van der Waals surface area contributed by atoms with Gasteiger partial charge in [0.15, 0.2) is 0 Å². The van der Waals surface area contributed by atoms with Crippen LogP contribution in [0.5, 0.6) is 0 Å². The number of imide groups is 1. The van der Waals surface area contributed by atoms with E-state index in [2.05, 4.69) is 11.5 Å². The number of hydrogen-bond acceptors (Lipinski definition) is 4. The third-order valence-electron chi connectivity index (χ3n) is 2.26. The third kappa shape index (κ3) is 5.60. The molecule has 0 aliphatic carbocycles. The van der Waals surface area contributed by atoms with E-state index < -0.39 is 6.03 Å². The first kappa shape index (κ1) is 14.4. The average Bonchev–Trinajstić information content (AvgIpc) is 2.78. The Morgan fingerprint density at radius 2 is 2.33 bits per heavy atom. The van der Waals surface area contributed by atoms with Crippen LogP contribution in [-0.2, 0) is 11.3 Å². The van der Waals surface area contributed by atoms with Gasteiger partial charge in [-0.05, 0) is 11.4 Å². The summed E-state index contributed by atoms with van der Waals surface area (Å²) in [5.41, 5.74) is 4.87. The highest BCUT2D eigenvalue weighted by Gasteiger charge is 2.09. The zero-order valence-electron chi connectivity index (χ0n) is 10.1. The van der Waals surface area contributed by atoms with Gasteiger partial charge in [0, 0.05) is 30.9 Å². The van der Waals surface area contributed by atoms with Crippen molar-refractivity contribution in [2.75, 3.05) is 13.1 Å². The van der Waals surface area contributed by atoms with Gasteiger partial charge in [-0.3, -0.25) is 15.0 Å². The summed E-state index contributed by atoms with van der Waals surface area (Å²) < 4.78 is 0. The summed E-state index contributed by atoms with van der Waals surface area (Å²) >= 11 is 1.67. The van der Waals surface area contributed by atoms with Crippen molar-refractivity contribution in [3.05, 3.63) is 35.0 Å². The van der Waals surface area contributed by atoms with Crippen molar-refractivity contribution < 1.29 is 9.59 Å². The van der Waals surface area contributed by atoms with Crippen LogP contribution in [0.2, 0.25) is 0 Å². The van der Waals surface area contributed by atoms with Crippen molar-refractivity contribution in [2.24, 2.45) is 5.73 Å². The SMILES string of the molecule is C=CCN(CCC(=O)NC(N)=O)Cc1cccs1. The molecule has 0 saturated heterocycles. The number of nitrogens with one attached hydrogen (secondary N) is 1. The van der Waals surface area contributed by atoms with Gasteiger partial charge in [-0.2, -0.15) is 0 Å². The van der Waals surface area contributed by atoms with Gasteiger partial charge in [0.1, 0.15) is 0 Å². The smallest absolute Gasteiger partial charge is 0.318 e. The first-order valence-corrected chi connectivity index (χ1v) is 6.44. The van der Waals surface area contributed by atoms with Gasteiger partial charge in [0.2, 0.25) is 5.91 Å². The molecule has 1 aromatic heterocycles. The van der Waals surface area contributed by atoms with Crippen molar-refractivity contribution >= 4 is 23.3 Å². The van der Waals surface area contributed by atoms with E-state index >= 15 is 0 Å². The Labute approximate surface area is 110 Å². The highest BCUT2D eigenvalue weighted by molar-refractivity contribution is 7.09. The number of amides is 3. The summed E-state index contributed by atoms with van der Waals surface area (Å²) in [5.74, 6) is -0.359. The van der Waals surface area contributed by atoms with Gasteiger partial charge in [0.05, 0.1) is 0 Å². The lowest BCUT2D eigenvalue weighted by molar-refractivity contribution is -0.120. The van der Waals surface area contributed by atoms with E-state index in [0.29, 0.717) is 13.1 Å². The highest BCUT2D eigenvalue weighted by Crippen LogP contribution is 2.11. The molecule has 3 N–H and O–H groups in total. The van der Waals surface area contributed by atoms with Crippen LogP contribution in [0.4, 0.5) is 4.79 Å². The van der Waals surface area contributed by atoms with E-state index in [1.807, 2.05) is 22.8 Å². The number of primary amides is 1. The highest BCUT2D eigenvalue weighted by atomic mass is 32.1. The summed E-state index contributed by atoms with van der Waals surface area (Å²) in [6.45, 7) is 5.72. The fourth-order valence-corrected chi connectivity index (χ4v) is 2.25. The molecule has 0 fully saturated rings. The molecule has 3 amide bonds. The third-order valence-corrected chi connectivity index (χ3v) is 3.13. The number of carbonyl (C=O) groups excluding carboxylic acids is 2. The van der Waals surface area contributed by atoms with Gasteiger partial charge < -0.3 is 5.73 Å². The summed E-state index contributed by atoms with van der Waals surface area (Å²) in [5, 5.41) is 4.06. The first-order chi connectivity index (χ1) is 8.61. The Hall–Kier alpha value is -1.66. The molecule has 0 bridgehead atoms. The molecule has 0 atom stereocenters. The molecule has 6 heteroatoms. The van der Waals surface area contributed by atoms with Crippen molar-refractivity contribution in [3.63, 3.8) is 0 Å². The van der Waals surface area contributed by atoms with Gasteiger partial charge in [-0.1, -0.05) is 12.1 Å². The molecular formula is C12H17N3O2S. The van der Waals surface area contributed by atoms with Gasteiger partial charge in [-0.25, -0.2) is 4.79 Å². The normalized spacial score (nSPS) is 10.3. The summed E-state index contributed by atoms with van der Waals surface area (Å²) in [7, 11) is 0. The number of urea groups is 1. The zero-order chi connectivity index (χ0) is 13.4. The Balaban J connectivity index is 2.40. The molecule has 18 heavy (non-hydrogen) atoms. The summed E-state index contributed by atoms with van der Waals surface area (Å²) in [6.07, 6.45) is 2.03. The lowest BCUT2D eigenvalue weighted by atomic mass is 10.3. The fourth-order valence-electron chi connectivity index (χ4n) is 1.50. The Morgan fingerprint density at radius 3 is 2.89 bits per heavy atom. The van der Waals surface area contributed by atoms with Crippen LogP contribution in [0, 0.1) is 0 Å². The van der Waals surface area contributed by atoms with Crippen LogP contribution < -0.4 is 11.1 Å². The van der Waals surface area contributed by atoms with Crippen LogP contribution in [-0.4, -0.2) is 29.9 Å². The molecule has 0 saturated carbocycles. The number of rotatable bonds is 7. The quantitative estimate of drug-likeness (QED) is 0.732. The van der Waals surface area contributed by atoms with Crippen molar-refractivity contribution in [1.29, 1.82) is 0 Å². The van der Waals surface area contributed by atoms with Crippen molar-refractivity contribution in [3.8, 4) is 0 Å². The Bertz CT molecular complexity index is 403. The van der Waals surface area contributed by atoms with E-state index in [4.69, 9.17) is 5.73 Å². The van der Waals surface area contributed by atoms with Crippen LogP contribution in [0.3, 0.4) is 0 Å². The fraction of sp³-hybridized carbons (Fsp3) is 0.333. The van der Waals surface area contributed by atoms with Crippen LogP contribution in [0.1, 0.15) is 11.3 Å². The Morgan fingerprint density at radius 1 is 1.56 bits per heavy atom. The molecule has 98 valence electrons. The molecule has 0 spiro atoms. The van der Waals surface area contributed by atoms with Gasteiger partial charge in [0.25, 0.3) is 0 Å². The lowest BCUT2D eigenvalue weighted by Gasteiger charge is -2.19. The van der Waals surface area contributed by atoms with E-state index in [0.717, 1.165) is 6.54 Å². The van der Waals surface area contributed by atoms with Crippen LogP contribution >= 0.6 is 11.3 Å².